The molecule has 0 saturated heterocycles. The fourth-order valence-electron chi connectivity index (χ4n) is 3.01. The zero-order valence-corrected chi connectivity index (χ0v) is 20.1. The van der Waals surface area contributed by atoms with Gasteiger partial charge in [-0.2, -0.15) is 30.3 Å². The van der Waals surface area contributed by atoms with Gasteiger partial charge in [0.2, 0.25) is 0 Å². The maximum Gasteiger partial charge on any atom is 3.00 e. The number of carbonyl (C=O) groups excluding carboxylic acids is 2. The molecule has 0 saturated carbocycles. The topological polar surface area (TPSA) is 108 Å². The van der Waals surface area contributed by atoms with Gasteiger partial charge >= 0.3 is 22.4 Å². The Bertz CT molecular complexity index is 1120. The van der Waals surface area contributed by atoms with Crippen molar-refractivity contribution in [3.05, 3.63) is 107 Å². The number of benzene rings is 3. The average Bonchev–Trinajstić information content (AvgIpc) is 3.25. The van der Waals surface area contributed by atoms with Crippen LogP contribution < -0.4 is 10.2 Å². The van der Waals surface area contributed by atoms with E-state index >= 15 is 0 Å². The van der Waals surface area contributed by atoms with Gasteiger partial charge < -0.3 is 15.1 Å². The molecule has 8 heteroatoms. The first kappa shape index (κ1) is 25.9. The Morgan fingerprint density at radius 1 is 0.727 bits per heavy atom. The van der Waals surface area contributed by atoms with Crippen molar-refractivity contribution < 1.29 is 42.2 Å². The van der Waals surface area contributed by atoms with E-state index in [9.17, 15) is 19.8 Å². The molecule has 170 valence electrons. The van der Waals surface area contributed by atoms with Gasteiger partial charge in [0, 0.05) is 17.7 Å². The van der Waals surface area contributed by atoms with Crippen LogP contribution in [0.5, 0.6) is 0 Å². The standard InChI is InChI=1S/C9H12N.2C8H5NO2.Au/c1-10(2)8-9-6-4-3-5-7-9;2*10-7-5-3-1-2-4-6(5)8(11)9-7;/h3-6H,8H2,1-2H3;2*1-4H,(H,9,10,11);/q-1;;;+3/p-2. The largest absolute Gasteiger partial charge is 3.00 e. The quantitative estimate of drug-likeness (QED) is 0.317. The minimum Gasteiger partial charge on any atom is -0.858 e. The zero-order valence-electron chi connectivity index (χ0n) is 17.9. The summed E-state index contributed by atoms with van der Waals surface area (Å²) < 4.78 is 0. The summed E-state index contributed by atoms with van der Waals surface area (Å²) in [6, 6.07) is 24.5. The zero-order chi connectivity index (χ0) is 23.1. The van der Waals surface area contributed by atoms with E-state index in [2.05, 4.69) is 41.1 Å². The first-order valence-corrected chi connectivity index (χ1v) is 9.76. The van der Waals surface area contributed by atoms with Gasteiger partial charge in [-0.25, -0.2) is 9.98 Å². The van der Waals surface area contributed by atoms with Gasteiger partial charge in [0.25, 0.3) is 11.8 Å². The van der Waals surface area contributed by atoms with E-state index < -0.39 is 23.6 Å². The van der Waals surface area contributed by atoms with Crippen molar-refractivity contribution in [2.24, 2.45) is 9.98 Å². The Morgan fingerprint density at radius 3 is 1.52 bits per heavy atom. The fourth-order valence-corrected chi connectivity index (χ4v) is 3.01. The molecule has 5 rings (SSSR count). The molecule has 0 radical (unpaired) electrons. The summed E-state index contributed by atoms with van der Waals surface area (Å²) in [5, 5.41) is 21.8. The maximum atomic E-state index is 10.9. The van der Waals surface area contributed by atoms with Crippen LogP contribution in [-0.4, -0.2) is 42.6 Å². The van der Waals surface area contributed by atoms with Crippen LogP contribution in [0.15, 0.2) is 82.8 Å². The number of hydrogen-bond acceptors (Lipinski definition) is 5. The van der Waals surface area contributed by atoms with Crippen molar-refractivity contribution in [2.75, 3.05) is 14.1 Å². The Kier molecular flexibility index (Phi) is 9.44. The third-order valence-electron chi connectivity index (χ3n) is 4.44. The van der Waals surface area contributed by atoms with Gasteiger partial charge in [-0.15, -0.1) is 5.56 Å². The van der Waals surface area contributed by atoms with Gasteiger partial charge in [-0.3, -0.25) is 9.59 Å². The summed E-state index contributed by atoms with van der Waals surface area (Å²) in [4.78, 5) is 30.5. The third kappa shape index (κ3) is 6.81. The summed E-state index contributed by atoms with van der Waals surface area (Å²) in [6.45, 7) is 0.973. The molecule has 0 bridgehead atoms. The average molecular weight is 623 g/mol. The molecular weight excluding hydrogens is 603 g/mol. The first-order chi connectivity index (χ1) is 15.4. The summed E-state index contributed by atoms with van der Waals surface area (Å²) >= 11 is 0. The van der Waals surface area contributed by atoms with E-state index in [0.717, 1.165) is 6.54 Å². The van der Waals surface area contributed by atoms with Crippen LogP contribution in [0.3, 0.4) is 0 Å². The molecule has 3 aromatic rings. The van der Waals surface area contributed by atoms with Crippen molar-refractivity contribution in [2.45, 2.75) is 6.54 Å². The second-order valence-electron chi connectivity index (χ2n) is 7.16. The predicted molar refractivity (Wildman–Crippen MR) is 117 cm³/mol. The Labute approximate surface area is 207 Å². The molecule has 0 aliphatic carbocycles. The number of carbonyl (C=O) groups is 2. The van der Waals surface area contributed by atoms with Crippen LogP contribution in [-0.2, 0) is 28.9 Å². The van der Waals surface area contributed by atoms with Crippen molar-refractivity contribution in [1.29, 1.82) is 0 Å². The second kappa shape index (κ2) is 12.0. The maximum absolute atomic E-state index is 10.9. The van der Waals surface area contributed by atoms with Crippen LogP contribution in [0.2, 0.25) is 0 Å². The summed E-state index contributed by atoms with van der Waals surface area (Å²) in [7, 11) is 4.11. The van der Waals surface area contributed by atoms with Crippen molar-refractivity contribution in [1.82, 2.24) is 4.90 Å². The van der Waals surface area contributed by atoms with Gasteiger partial charge in [-0.1, -0.05) is 36.4 Å². The SMILES string of the molecule is CN(C)Cc1[c-]cccc1.O=C1N=C([O-])c2ccccc21.O=C1N=C([O-])c2ccccc21.[Au+3]. The number of fused-ring (bicyclic) bond motifs is 2. The molecule has 2 aliphatic rings. The molecule has 0 N–H and O–H groups in total. The predicted octanol–water partition coefficient (Wildman–Crippen LogP) is 1.44. The monoisotopic (exact) mass is 623 g/mol. The molecule has 7 nitrogen and oxygen atoms in total. The molecule has 2 heterocycles. The van der Waals surface area contributed by atoms with Crippen LogP contribution >= 0.6 is 0 Å². The molecule has 2 amide bonds. The van der Waals surface area contributed by atoms with Gasteiger partial charge in [0.05, 0.1) is 0 Å². The van der Waals surface area contributed by atoms with E-state index in [1.807, 2.05) is 18.2 Å². The molecule has 0 fully saturated rings. The molecule has 2 aliphatic heterocycles. The molecule has 0 aromatic heterocycles. The normalized spacial score (nSPS) is 12.8. The molecule has 0 spiro atoms. The number of hydrogen-bond donors (Lipinski definition) is 0. The Morgan fingerprint density at radius 2 is 1.15 bits per heavy atom. The van der Waals surface area contributed by atoms with Gasteiger partial charge in [0.15, 0.2) is 0 Å². The molecule has 0 atom stereocenters. The van der Waals surface area contributed by atoms with E-state index in [1.165, 1.54) is 5.56 Å². The van der Waals surface area contributed by atoms with Crippen molar-refractivity contribution in [3.63, 3.8) is 0 Å². The van der Waals surface area contributed by atoms with Gasteiger partial charge in [-0.05, 0) is 49.2 Å². The van der Waals surface area contributed by atoms with Crippen molar-refractivity contribution in [3.8, 4) is 0 Å². The third-order valence-corrected chi connectivity index (χ3v) is 4.44. The van der Waals surface area contributed by atoms with Crippen LogP contribution in [0.1, 0.15) is 37.4 Å². The number of rotatable bonds is 2. The van der Waals surface area contributed by atoms with E-state index in [-0.39, 0.29) is 22.4 Å². The summed E-state index contributed by atoms with van der Waals surface area (Å²) in [5.41, 5.74) is 2.90. The smallest absolute Gasteiger partial charge is 0.858 e. The number of amides is 2. The molecule has 3 aromatic carbocycles. The number of nitrogens with zero attached hydrogens (tertiary/aromatic N) is 3. The van der Waals surface area contributed by atoms with Crippen LogP contribution in [0.4, 0.5) is 0 Å². The van der Waals surface area contributed by atoms with E-state index in [1.54, 1.807) is 48.5 Å². The van der Waals surface area contributed by atoms with E-state index in [4.69, 9.17) is 0 Å². The summed E-state index contributed by atoms with van der Waals surface area (Å²) in [6.07, 6.45) is 0. The molecule has 0 unspecified atom stereocenters. The van der Waals surface area contributed by atoms with Crippen LogP contribution in [0.25, 0.3) is 0 Å². The molecule has 33 heavy (non-hydrogen) atoms. The van der Waals surface area contributed by atoms with Gasteiger partial charge in [0.1, 0.15) is 0 Å². The van der Waals surface area contributed by atoms with Crippen molar-refractivity contribution >= 4 is 23.6 Å². The Balaban J connectivity index is 0.000000173. The first-order valence-electron chi connectivity index (χ1n) is 9.76. The summed E-state index contributed by atoms with van der Waals surface area (Å²) in [5.74, 6) is -1.70. The Hall–Kier alpha value is -3.36. The fraction of sp³-hybridized carbons (Fsp3) is 0.120. The second-order valence-corrected chi connectivity index (χ2v) is 7.16. The minimum absolute atomic E-state index is 0. The van der Waals surface area contributed by atoms with Crippen LogP contribution in [0, 0.1) is 6.07 Å². The van der Waals surface area contributed by atoms with E-state index in [0.29, 0.717) is 22.3 Å². The number of aliphatic imine (C=N–C) groups is 2. The minimum atomic E-state index is -0.425. The molecular formula is C25H20AuN3O4.